The van der Waals surface area contributed by atoms with Gasteiger partial charge in [-0.15, -0.1) is 0 Å². The molecule has 0 spiro atoms. The van der Waals surface area contributed by atoms with Crippen molar-refractivity contribution in [2.75, 3.05) is 0 Å². The highest BCUT2D eigenvalue weighted by Gasteiger charge is 1.92. The van der Waals surface area contributed by atoms with Crippen LogP contribution in [0.15, 0.2) is 58.8 Å². The van der Waals surface area contributed by atoms with Crippen LogP contribution in [-0.4, -0.2) is 0 Å². The lowest BCUT2D eigenvalue weighted by atomic mass is 10.2. The van der Waals surface area contributed by atoms with E-state index < -0.39 is 0 Å². The summed E-state index contributed by atoms with van der Waals surface area (Å²) in [6, 6.07) is 14.0. The largest absolute Gasteiger partial charge is 0.207 e. The molecule has 2 aromatic carbocycles. The minimum atomic E-state index is -0.212. The summed E-state index contributed by atoms with van der Waals surface area (Å²) in [6.07, 6.45) is 1.99. The van der Waals surface area contributed by atoms with Crippen LogP contribution in [0.3, 0.4) is 0 Å². The lowest BCUT2D eigenvalue weighted by molar-refractivity contribution is 0.626. The highest BCUT2D eigenvalue weighted by Crippen LogP contribution is 2.20. The lowest BCUT2D eigenvalue weighted by Gasteiger charge is -1.96. The summed E-state index contributed by atoms with van der Waals surface area (Å²) in [5, 5.41) is 2.70. The molecule has 2 rings (SSSR count). The fraction of sp³-hybridized carbons (Fsp3) is 0. The molecule has 0 bridgehead atoms. The molecule has 86 valence electrons. The van der Waals surface area contributed by atoms with E-state index in [0.29, 0.717) is 0 Å². The monoisotopic (exact) mass is 264 g/mol. The van der Waals surface area contributed by atoms with Gasteiger partial charge in [-0.2, -0.15) is 0 Å². The molecular formula is C14H10ClFS. The minimum Gasteiger partial charge on any atom is -0.207 e. The zero-order chi connectivity index (χ0) is 12.1. The second kappa shape index (κ2) is 5.89. The van der Waals surface area contributed by atoms with Crippen molar-refractivity contribution in [2.24, 2.45) is 0 Å². The summed E-state index contributed by atoms with van der Waals surface area (Å²) >= 11 is 7.34. The van der Waals surface area contributed by atoms with Crippen molar-refractivity contribution in [1.82, 2.24) is 0 Å². The first kappa shape index (κ1) is 12.2. The third kappa shape index (κ3) is 3.91. The Labute approximate surface area is 109 Å². The highest BCUT2D eigenvalue weighted by atomic mass is 35.5. The van der Waals surface area contributed by atoms with Crippen LogP contribution in [0, 0.1) is 5.82 Å². The van der Waals surface area contributed by atoms with Crippen LogP contribution in [0.1, 0.15) is 5.56 Å². The Morgan fingerprint density at radius 3 is 2.24 bits per heavy atom. The predicted octanol–water partition coefficient (Wildman–Crippen LogP) is 5.24. The van der Waals surface area contributed by atoms with Crippen LogP contribution in [0.2, 0.25) is 5.02 Å². The molecule has 0 atom stereocenters. The second-order valence-electron chi connectivity index (χ2n) is 3.43. The summed E-state index contributed by atoms with van der Waals surface area (Å²) in [7, 11) is 0. The smallest absolute Gasteiger partial charge is 0.123 e. The van der Waals surface area contributed by atoms with Gasteiger partial charge in [0.2, 0.25) is 0 Å². The fourth-order valence-electron chi connectivity index (χ4n) is 1.28. The van der Waals surface area contributed by atoms with E-state index in [4.69, 9.17) is 11.6 Å². The van der Waals surface area contributed by atoms with Crippen LogP contribution in [0.5, 0.6) is 0 Å². The van der Waals surface area contributed by atoms with Crippen molar-refractivity contribution in [3.8, 4) is 0 Å². The van der Waals surface area contributed by atoms with Crippen molar-refractivity contribution < 1.29 is 4.39 Å². The van der Waals surface area contributed by atoms with Crippen LogP contribution >= 0.6 is 23.4 Å². The van der Waals surface area contributed by atoms with E-state index in [-0.39, 0.29) is 5.82 Å². The van der Waals surface area contributed by atoms with Gasteiger partial charge in [0.15, 0.2) is 0 Å². The number of halogens is 2. The molecular weight excluding hydrogens is 255 g/mol. The molecule has 2 aromatic rings. The van der Waals surface area contributed by atoms with Crippen LogP contribution in [-0.2, 0) is 0 Å². The van der Waals surface area contributed by atoms with Gasteiger partial charge >= 0.3 is 0 Å². The van der Waals surface area contributed by atoms with Crippen LogP contribution in [0.25, 0.3) is 6.08 Å². The maximum absolute atomic E-state index is 12.7. The van der Waals surface area contributed by atoms with Gasteiger partial charge in [-0.05, 0) is 53.4 Å². The summed E-state index contributed by atoms with van der Waals surface area (Å²) in [5.41, 5.74) is 1.09. The number of hydrogen-bond donors (Lipinski definition) is 0. The molecule has 0 heterocycles. The standard InChI is InChI=1S/C14H10ClFS/c15-12-3-1-11(2-4-12)9-10-17-14-7-5-13(16)6-8-14/h1-10H/b10-9+. The molecule has 0 saturated heterocycles. The average Bonchev–Trinajstić information content (AvgIpc) is 2.34. The Bertz CT molecular complexity index is 503. The van der Waals surface area contributed by atoms with E-state index in [1.807, 2.05) is 35.7 Å². The predicted molar refractivity (Wildman–Crippen MR) is 72.7 cm³/mol. The minimum absolute atomic E-state index is 0.212. The molecule has 0 amide bonds. The Morgan fingerprint density at radius 2 is 1.59 bits per heavy atom. The number of thioether (sulfide) groups is 1. The maximum Gasteiger partial charge on any atom is 0.123 e. The van der Waals surface area contributed by atoms with Gasteiger partial charge in [0.25, 0.3) is 0 Å². The molecule has 0 aliphatic carbocycles. The first-order valence-corrected chi connectivity index (χ1v) is 6.34. The van der Waals surface area contributed by atoms with Gasteiger partial charge in [0, 0.05) is 9.92 Å². The maximum atomic E-state index is 12.7. The molecule has 0 aliphatic heterocycles. The van der Waals surface area contributed by atoms with Gasteiger partial charge in [-0.1, -0.05) is 35.5 Å². The molecule has 0 fully saturated rings. The SMILES string of the molecule is Fc1ccc(S/C=C/c2ccc(Cl)cc2)cc1. The zero-order valence-corrected chi connectivity index (χ0v) is 10.5. The number of hydrogen-bond acceptors (Lipinski definition) is 1. The molecule has 17 heavy (non-hydrogen) atoms. The Hall–Kier alpha value is -1.25. The third-order valence-electron chi connectivity index (χ3n) is 2.15. The summed E-state index contributed by atoms with van der Waals surface area (Å²) in [6.45, 7) is 0. The Kier molecular flexibility index (Phi) is 4.24. The van der Waals surface area contributed by atoms with E-state index in [0.717, 1.165) is 15.5 Å². The molecule has 0 N–H and O–H groups in total. The molecule has 0 nitrogen and oxygen atoms in total. The topological polar surface area (TPSA) is 0 Å². The second-order valence-corrected chi connectivity index (χ2v) is 4.84. The van der Waals surface area contributed by atoms with Crippen LogP contribution < -0.4 is 0 Å². The van der Waals surface area contributed by atoms with Crippen molar-refractivity contribution in [1.29, 1.82) is 0 Å². The fourth-order valence-corrected chi connectivity index (χ4v) is 2.08. The normalized spacial score (nSPS) is 10.9. The van der Waals surface area contributed by atoms with E-state index >= 15 is 0 Å². The lowest BCUT2D eigenvalue weighted by Crippen LogP contribution is -1.72. The highest BCUT2D eigenvalue weighted by molar-refractivity contribution is 8.02. The first-order valence-electron chi connectivity index (χ1n) is 5.08. The van der Waals surface area contributed by atoms with E-state index in [9.17, 15) is 4.39 Å². The summed E-state index contributed by atoms with van der Waals surface area (Å²) < 4.78 is 12.7. The third-order valence-corrected chi connectivity index (χ3v) is 3.22. The van der Waals surface area contributed by atoms with Crippen molar-refractivity contribution in [3.05, 3.63) is 70.3 Å². The van der Waals surface area contributed by atoms with Gasteiger partial charge in [-0.25, -0.2) is 4.39 Å². The number of benzene rings is 2. The Morgan fingerprint density at radius 1 is 0.941 bits per heavy atom. The van der Waals surface area contributed by atoms with Gasteiger partial charge < -0.3 is 0 Å². The molecule has 0 radical (unpaired) electrons. The quantitative estimate of drug-likeness (QED) is 0.683. The van der Waals surface area contributed by atoms with E-state index in [2.05, 4.69) is 0 Å². The van der Waals surface area contributed by atoms with E-state index in [1.165, 1.54) is 12.1 Å². The summed E-state index contributed by atoms with van der Waals surface area (Å²) in [4.78, 5) is 1.01. The molecule has 0 aliphatic rings. The summed E-state index contributed by atoms with van der Waals surface area (Å²) in [5.74, 6) is -0.212. The zero-order valence-electron chi connectivity index (χ0n) is 8.94. The first-order chi connectivity index (χ1) is 8.24. The molecule has 0 saturated carbocycles. The van der Waals surface area contributed by atoms with Crippen molar-refractivity contribution in [2.45, 2.75) is 4.90 Å². The van der Waals surface area contributed by atoms with Crippen molar-refractivity contribution >= 4 is 29.4 Å². The molecule has 0 unspecified atom stereocenters. The average molecular weight is 265 g/mol. The van der Waals surface area contributed by atoms with Gasteiger partial charge in [0.1, 0.15) is 5.82 Å². The van der Waals surface area contributed by atoms with E-state index in [1.54, 1.807) is 23.9 Å². The van der Waals surface area contributed by atoms with Gasteiger partial charge in [-0.3, -0.25) is 0 Å². The van der Waals surface area contributed by atoms with Crippen LogP contribution in [0.4, 0.5) is 4.39 Å². The van der Waals surface area contributed by atoms with Crippen molar-refractivity contribution in [3.63, 3.8) is 0 Å². The molecule has 3 heteroatoms. The Balaban J connectivity index is 1.97. The number of rotatable bonds is 3. The van der Waals surface area contributed by atoms with Gasteiger partial charge in [0.05, 0.1) is 0 Å². The molecule has 0 aromatic heterocycles.